The van der Waals surface area contributed by atoms with Gasteiger partial charge in [0.15, 0.2) is 0 Å². The summed E-state index contributed by atoms with van der Waals surface area (Å²) in [6.07, 6.45) is 4.67. The topological polar surface area (TPSA) is 27.1 Å². The Bertz CT molecular complexity index is 729. The molecule has 2 nitrogen and oxygen atoms in total. The molecule has 25 heavy (non-hydrogen) atoms. The zero-order valence-electron chi connectivity index (χ0n) is 15.1. The summed E-state index contributed by atoms with van der Waals surface area (Å²) in [7, 11) is 0. The summed E-state index contributed by atoms with van der Waals surface area (Å²) < 4.78 is 0. The maximum atomic E-state index is 8.87. The Balaban J connectivity index is 1.62. The molecule has 2 aromatic rings. The van der Waals surface area contributed by atoms with E-state index in [0.29, 0.717) is 5.92 Å². The molecule has 1 aliphatic carbocycles. The third kappa shape index (κ3) is 3.22. The highest BCUT2D eigenvalue weighted by molar-refractivity contribution is 5.87. The standard InChI is InChI=1S/C23H28N2/c1-17-13-15-25(16-14-17)23(24)22-12-11-19(18-7-3-2-4-8-18)20-9-5-6-10-21(20)22/h2-10,17,19,22,24H,11-16H2,1H3/t19?,22-/m0/s1. The number of piperidine rings is 1. The van der Waals surface area contributed by atoms with Gasteiger partial charge < -0.3 is 4.90 Å². The fourth-order valence-corrected chi connectivity index (χ4v) is 4.58. The van der Waals surface area contributed by atoms with Crippen molar-refractivity contribution >= 4 is 5.84 Å². The van der Waals surface area contributed by atoms with Crippen LogP contribution in [0.4, 0.5) is 0 Å². The van der Waals surface area contributed by atoms with Crippen molar-refractivity contribution < 1.29 is 0 Å². The number of benzene rings is 2. The van der Waals surface area contributed by atoms with E-state index < -0.39 is 0 Å². The highest BCUT2D eigenvalue weighted by Crippen LogP contribution is 2.43. The quantitative estimate of drug-likeness (QED) is 0.578. The first-order valence-corrected chi connectivity index (χ1v) is 9.71. The SMILES string of the molecule is CC1CCN(C(=N)[C@H]2CCC(c3ccccc3)c3ccccc32)CC1. The number of fused-ring (bicyclic) bond motifs is 1. The van der Waals surface area contributed by atoms with Crippen molar-refractivity contribution in [2.24, 2.45) is 5.92 Å². The predicted molar refractivity (Wildman–Crippen MR) is 104 cm³/mol. The predicted octanol–water partition coefficient (Wildman–Crippen LogP) is 5.41. The fourth-order valence-electron chi connectivity index (χ4n) is 4.58. The average Bonchev–Trinajstić information content (AvgIpc) is 2.68. The van der Waals surface area contributed by atoms with Gasteiger partial charge in [-0.15, -0.1) is 0 Å². The molecule has 1 saturated heterocycles. The van der Waals surface area contributed by atoms with Gasteiger partial charge in [-0.3, -0.25) is 5.41 Å². The van der Waals surface area contributed by atoms with E-state index in [1.54, 1.807) is 0 Å². The molecule has 0 spiro atoms. The van der Waals surface area contributed by atoms with Crippen LogP contribution in [0, 0.1) is 11.3 Å². The van der Waals surface area contributed by atoms with Crippen molar-refractivity contribution in [3.8, 4) is 0 Å². The van der Waals surface area contributed by atoms with E-state index in [9.17, 15) is 0 Å². The number of amidine groups is 1. The first kappa shape index (κ1) is 16.4. The molecule has 0 saturated carbocycles. The number of rotatable bonds is 2. The van der Waals surface area contributed by atoms with Crippen LogP contribution in [0.25, 0.3) is 0 Å². The highest BCUT2D eigenvalue weighted by atomic mass is 15.2. The van der Waals surface area contributed by atoms with Crippen LogP contribution in [0.3, 0.4) is 0 Å². The Morgan fingerprint density at radius 3 is 2.20 bits per heavy atom. The molecule has 130 valence electrons. The van der Waals surface area contributed by atoms with Gasteiger partial charge in [-0.2, -0.15) is 0 Å². The third-order valence-electron chi connectivity index (χ3n) is 6.15. The summed E-state index contributed by atoms with van der Waals surface area (Å²) in [5.41, 5.74) is 4.22. The monoisotopic (exact) mass is 332 g/mol. The zero-order chi connectivity index (χ0) is 17.2. The second-order valence-corrected chi connectivity index (χ2v) is 7.78. The smallest absolute Gasteiger partial charge is 0.103 e. The van der Waals surface area contributed by atoms with Gasteiger partial charge in [-0.05, 0) is 48.3 Å². The van der Waals surface area contributed by atoms with E-state index >= 15 is 0 Å². The number of nitrogens with zero attached hydrogens (tertiary/aromatic N) is 1. The maximum Gasteiger partial charge on any atom is 0.103 e. The van der Waals surface area contributed by atoms with Crippen LogP contribution < -0.4 is 0 Å². The van der Waals surface area contributed by atoms with Crippen molar-refractivity contribution in [2.75, 3.05) is 13.1 Å². The van der Waals surface area contributed by atoms with Crippen LogP contribution in [0.5, 0.6) is 0 Å². The molecule has 2 aliphatic rings. The van der Waals surface area contributed by atoms with Crippen molar-refractivity contribution in [1.82, 2.24) is 4.90 Å². The Morgan fingerprint density at radius 2 is 1.48 bits per heavy atom. The number of likely N-dealkylation sites (tertiary alicyclic amines) is 1. The minimum Gasteiger partial charge on any atom is -0.360 e. The second kappa shape index (κ2) is 7.03. The minimum absolute atomic E-state index is 0.268. The van der Waals surface area contributed by atoms with E-state index in [1.165, 1.54) is 29.5 Å². The van der Waals surface area contributed by atoms with Crippen LogP contribution in [0.2, 0.25) is 0 Å². The Hall–Kier alpha value is -2.09. The van der Waals surface area contributed by atoms with E-state index in [-0.39, 0.29) is 5.92 Å². The number of hydrogen-bond acceptors (Lipinski definition) is 1. The molecular formula is C23H28N2. The van der Waals surface area contributed by atoms with Crippen molar-refractivity contribution in [3.63, 3.8) is 0 Å². The van der Waals surface area contributed by atoms with Gasteiger partial charge in [0, 0.05) is 24.9 Å². The maximum absolute atomic E-state index is 8.87. The van der Waals surface area contributed by atoms with Gasteiger partial charge >= 0.3 is 0 Å². The van der Waals surface area contributed by atoms with Crippen molar-refractivity contribution in [1.29, 1.82) is 5.41 Å². The van der Waals surface area contributed by atoms with E-state index in [2.05, 4.69) is 66.4 Å². The van der Waals surface area contributed by atoms with E-state index in [4.69, 9.17) is 5.41 Å². The van der Waals surface area contributed by atoms with Gasteiger partial charge in [0.2, 0.25) is 0 Å². The molecule has 0 bridgehead atoms. The first-order chi connectivity index (χ1) is 12.2. The molecule has 2 atom stereocenters. The fraction of sp³-hybridized carbons (Fsp3) is 0.435. The first-order valence-electron chi connectivity index (χ1n) is 9.71. The summed E-state index contributed by atoms with van der Waals surface area (Å²) in [6.45, 7) is 4.45. The summed E-state index contributed by atoms with van der Waals surface area (Å²) in [5.74, 6) is 2.41. The van der Waals surface area contributed by atoms with Gasteiger partial charge in [0.1, 0.15) is 5.84 Å². The summed E-state index contributed by atoms with van der Waals surface area (Å²) in [4.78, 5) is 2.34. The lowest BCUT2D eigenvalue weighted by atomic mass is 9.73. The summed E-state index contributed by atoms with van der Waals surface area (Å²) in [6, 6.07) is 19.7. The van der Waals surface area contributed by atoms with Crippen molar-refractivity contribution in [2.45, 2.75) is 44.4 Å². The largest absolute Gasteiger partial charge is 0.360 e. The molecule has 4 rings (SSSR count). The van der Waals surface area contributed by atoms with Crippen LogP contribution >= 0.6 is 0 Å². The lowest BCUT2D eigenvalue weighted by Crippen LogP contribution is -2.41. The highest BCUT2D eigenvalue weighted by Gasteiger charge is 2.32. The molecule has 2 heteroatoms. The summed E-state index contributed by atoms with van der Waals surface area (Å²) >= 11 is 0. The van der Waals surface area contributed by atoms with Gasteiger partial charge in [0.05, 0.1) is 0 Å². The van der Waals surface area contributed by atoms with Crippen LogP contribution in [-0.4, -0.2) is 23.8 Å². The molecule has 1 unspecified atom stereocenters. The Kier molecular flexibility index (Phi) is 4.61. The normalized spacial score (nSPS) is 24.0. The molecule has 1 N–H and O–H groups in total. The van der Waals surface area contributed by atoms with E-state index in [1.807, 2.05) is 0 Å². The molecule has 1 aliphatic heterocycles. The van der Waals surface area contributed by atoms with E-state index in [0.717, 1.165) is 37.7 Å². The van der Waals surface area contributed by atoms with Crippen LogP contribution in [0.15, 0.2) is 54.6 Å². The lowest BCUT2D eigenvalue weighted by molar-refractivity contribution is 0.271. The molecule has 1 heterocycles. The van der Waals surface area contributed by atoms with Gasteiger partial charge in [0.25, 0.3) is 0 Å². The van der Waals surface area contributed by atoms with Gasteiger partial charge in [-0.1, -0.05) is 61.5 Å². The molecule has 1 fully saturated rings. The average molecular weight is 332 g/mol. The molecule has 2 aromatic carbocycles. The Labute approximate surface area is 151 Å². The molecule has 0 radical (unpaired) electrons. The second-order valence-electron chi connectivity index (χ2n) is 7.78. The zero-order valence-corrected chi connectivity index (χ0v) is 15.1. The summed E-state index contributed by atoms with van der Waals surface area (Å²) in [5, 5.41) is 8.87. The third-order valence-corrected chi connectivity index (χ3v) is 6.15. The Morgan fingerprint density at radius 1 is 0.840 bits per heavy atom. The molecular weight excluding hydrogens is 304 g/mol. The number of hydrogen-bond donors (Lipinski definition) is 1. The minimum atomic E-state index is 0.268. The van der Waals surface area contributed by atoms with Crippen molar-refractivity contribution in [3.05, 3.63) is 71.3 Å². The van der Waals surface area contributed by atoms with Gasteiger partial charge in [-0.25, -0.2) is 0 Å². The molecule has 0 amide bonds. The van der Waals surface area contributed by atoms with Crippen LogP contribution in [-0.2, 0) is 0 Å². The molecule has 0 aromatic heterocycles. The lowest BCUT2D eigenvalue weighted by Gasteiger charge is -2.39. The number of nitrogens with one attached hydrogen (secondary N) is 1. The van der Waals surface area contributed by atoms with Crippen LogP contribution in [0.1, 0.15) is 61.1 Å².